The predicted molar refractivity (Wildman–Crippen MR) is 78.6 cm³/mol. The van der Waals surface area contributed by atoms with Crippen LogP contribution in [0.1, 0.15) is 24.8 Å². The second kappa shape index (κ2) is 7.43. The minimum atomic E-state index is -0.683. The first-order valence-electron chi connectivity index (χ1n) is 7.34. The molecule has 116 valence electrons. The summed E-state index contributed by atoms with van der Waals surface area (Å²) in [5.74, 6) is 0.206. The predicted octanol–water partition coefficient (Wildman–Crippen LogP) is 1.78. The van der Waals surface area contributed by atoms with Crippen molar-refractivity contribution < 1.29 is 19.7 Å². The van der Waals surface area contributed by atoms with Gasteiger partial charge in [0.2, 0.25) is 0 Å². The van der Waals surface area contributed by atoms with Crippen molar-refractivity contribution >= 4 is 6.09 Å². The summed E-state index contributed by atoms with van der Waals surface area (Å²) in [6, 6.07) is 9.54. The third kappa shape index (κ3) is 4.72. The van der Waals surface area contributed by atoms with Gasteiger partial charge in [-0.2, -0.15) is 0 Å². The van der Waals surface area contributed by atoms with Gasteiger partial charge in [-0.05, 0) is 30.7 Å². The van der Waals surface area contributed by atoms with E-state index in [-0.39, 0.29) is 18.6 Å². The number of hydrogen-bond donors (Lipinski definition) is 2. The van der Waals surface area contributed by atoms with Crippen LogP contribution in [-0.4, -0.2) is 47.0 Å². The summed E-state index contributed by atoms with van der Waals surface area (Å²) in [7, 11) is 1.70. The van der Waals surface area contributed by atoms with E-state index in [4.69, 9.17) is 4.74 Å². The number of ether oxygens (including phenoxy) is 1. The standard InChI is InChI=1S/C16H23NO4/c1-17(10-13-7-8-14(18)15(19)9-13)16(20)21-11-12-5-3-2-4-6-12/h2-6,13-15,18-19H,7-11H2,1H3/t13-,14+,15-/m1/s1. The number of rotatable bonds is 4. The fourth-order valence-electron chi connectivity index (χ4n) is 2.67. The van der Waals surface area contributed by atoms with E-state index >= 15 is 0 Å². The van der Waals surface area contributed by atoms with Gasteiger partial charge in [-0.25, -0.2) is 4.79 Å². The van der Waals surface area contributed by atoms with Gasteiger partial charge in [-0.1, -0.05) is 30.3 Å². The monoisotopic (exact) mass is 293 g/mol. The van der Waals surface area contributed by atoms with Crippen LogP contribution in [0.4, 0.5) is 4.79 Å². The Morgan fingerprint density at radius 2 is 1.95 bits per heavy atom. The molecule has 21 heavy (non-hydrogen) atoms. The minimum Gasteiger partial charge on any atom is -0.445 e. The van der Waals surface area contributed by atoms with Crippen LogP contribution in [-0.2, 0) is 11.3 Å². The number of carbonyl (C=O) groups is 1. The van der Waals surface area contributed by atoms with Crippen LogP contribution in [0.15, 0.2) is 30.3 Å². The van der Waals surface area contributed by atoms with E-state index in [9.17, 15) is 15.0 Å². The van der Waals surface area contributed by atoms with Gasteiger partial charge in [0.15, 0.2) is 0 Å². The number of amides is 1. The van der Waals surface area contributed by atoms with Crippen molar-refractivity contribution in [3.8, 4) is 0 Å². The molecule has 0 bridgehead atoms. The fraction of sp³-hybridized carbons (Fsp3) is 0.562. The largest absolute Gasteiger partial charge is 0.445 e. The molecule has 0 aliphatic heterocycles. The number of aliphatic hydroxyl groups excluding tert-OH is 2. The summed E-state index contributed by atoms with van der Waals surface area (Å²) in [5, 5.41) is 19.2. The topological polar surface area (TPSA) is 70.0 Å². The van der Waals surface area contributed by atoms with Crippen molar-refractivity contribution in [3.05, 3.63) is 35.9 Å². The number of nitrogens with zero attached hydrogens (tertiary/aromatic N) is 1. The van der Waals surface area contributed by atoms with Crippen molar-refractivity contribution in [3.63, 3.8) is 0 Å². The van der Waals surface area contributed by atoms with Gasteiger partial charge in [0, 0.05) is 13.6 Å². The molecule has 2 N–H and O–H groups in total. The zero-order chi connectivity index (χ0) is 15.2. The average molecular weight is 293 g/mol. The highest BCUT2D eigenvalue weighted by Crippen LogP contribution is 2.25. The molecule has 2 rings (SSSR count). The van der Waals surface area contributed by atoms with Crippen molar-refractivity contribution in [1.29, 1.82) is 0 Å². The molecule has 0 unspecified atom stereocenters. The molecule has 1 fully saturated rings. The first-order valence-corrected chi connectivity index (χ1v) is 7.34. The van der Waals surface area contributed by atoms with Gasteiger partial charge in [-0.3, -0.25) is 0 Å². The van der Waals surface area contributed by atoms with E-state index in [1.54, 1.807) is 7.05 Å². The van der Waals surface area contributed by atoms with Gasteiger partial charge in [-0.15, -0.1) is 0 Å². The maximum absolute atomic E-state index is 11.9. The van der Waals surface area contributed by atoms with Crippen molar-refractivity contribution in [2.24, 2.45) is 5.92 Å². The molecule has 0 radical (unpaired) electrons. The van der Waals surface area contributed by atoms with Crippen LogP contribution in [0.5, 0.6) is 0 Å². The summed E-state index contributed by atoms with van der Waals surface area (Å²) in [6.45, 7) is 0.799. The third-order valence-electron chi connectivity index (χ3n) is 3.94. The van der Waals surface area contributed by atoms with Crippen molar-refractivity contribution in [1.82, 2.24) is 4.90 Å². The Labute approximate surface area is 125 Å². The van der Waals surface area contributed by atoms with Gasteiger partial charge >= 0.3 is 6.09 Å². The lowest BCUT2D eigenvalue weighted by atomic mass is 9.85. The zero-order valence-electron chi connectivity index (χ0n) is 12.3. The second-order valence-corrected chi connectivity index (χ2v) is 5.73. The lowest BCUT2D eigenvalue weighted by Gasteiger charge is -2.32. The van der Waals surface area contributed by atoms with Crippen LogP contribution in [0.25, 0.3) is 0 Å². The van der Waals surface area contributed by atoms with Gasteiger partial charge < -0.3 is 19.8 Å². The lowest BCUT2D eigenvalue weighted by Crippen LogP contribution is -2.39. The van der Waals surface area contributed by atoms with Crippen molar-refractivity contribution in [2.75, 3.05) is 13.6 Å². The Kier molecular flexibility index (Phi) is 5.59. The van der Waals surface area contributed by atoms with Crippen LogP contribution in [0.3, 0.4) is 0 Å². The molecule has 0 aromatic heterocycles. The molecule has 1 aliphatic rings. The third-order valence-corrected chi connectivity index (χ3v) is 3.94. The molecular weight excluding hydrogens is 270 g/mol. The first kappa shape index (κ1) is 15.8. The lowest BCUT2D eigenvalue weighted by molar-refractivity contribution is -0.0291. The molecule has 5 heteroatoms. The van der Waals surface area contributed by atoms with E-state index < -0.39 is 12.2 Å². The van der Waals surface area contributed by atoms with Gasteiger partial charge in [0.25, 0.3) is 0 Å². The van der Waals surface area contributed by atoms with E-state index in [0.29, 0.717) is 19.4 Å². The SMILES string of the molecule is CN(C[C@@H]1CC[C@H](O)[C@H](O)C1)C(=O)OCc1ccccc1. The summed E-state index contributed by atoms with van der Waals surface area (Å²) in [4.78, 5) is 13.5. The summed E-state index contributed by atoms with van der Waals surface area (Å²) in [5.41, 5.74) is 0.954. The summed E-state index contributed by atoms with van der Waals surface area (Å²) >= 11 is 0. The molecule has 0 spiro atoms. The van der Waals surface area contributed by atoms with Crippen LogP contribution in [0.2, 0.25) is 0 Å². The zero-order valence-corrected chi connectivity index (χ0v) is 12.3. The van der Waals surface area contributed by atoms with E-state index in [0.717, 1.165) is 12.0 Å². The molecule has 3 atom stereocenters. The first-order chi connectivity index (χ1) is 10.1. The molecule has 1 saturated carbocycles. The van der Waals surface area contributed by atoms with E-state index in [2.05, 4.69) is 0 Å². The average Bonchev–Trinajstić information content (AvgIpc) is 2.49. The Bertz CT molecular complexity index is 451. The Hall–Kier alpha value is -1.59. The Morgan fingerprint density at radius 3 is 2.62 bits per heavy atom. The number of aliphatic hydroxyl groups is 2. The normalized spacial score (nSPS) is 25.4. The summed E-state index contributed by atoms with van der Waals surface area (Å²) in [6.07, 6.45) is 0.249. The molecular formula is C16H23NO4. The molecule has 1 aromatic rings. The highest BCUT2D eigenvalue weighted by molar-refractivity contribution is 5.67. The Balaban J connectivity index is 1.75. The van der Waals surface area contributed by atoms with Gasteiger partial charge in [0.1, 0.15) is 6.61 Å². The van der Waals surface area contributed by atoms with E-state index in [1.165, 1.54) is 4.90 Å². The van der Waals surface area contributed by atoms with Gasteiger partial charge in [0.05, 0.1) is 12.2 Å². The summed E-state index contributed by atoms with van der Waals surface area (Å²) < 4.78 is 5.25. The smallest absolute Gasteiger partial charge is 0.409 e. The van der Waals surface area contributed by atoms with Crippen LogP contribution >= 0.6 is 0 Å². The number of hydrogen-bond acceptors (Lipinski definition) is 4. The van der Waals surface area contributed by atoms with Crippen LogP contribution < -0.4 is 0 Å². The molecule has 1 aromatic carbocycles. The molecule has 5 nitrogen and oxygen atoms in total. The number of benzene rings is 1. The van der Waals surface area contributed by atoms with Crippen molar-refractivity contribution in [2.45, 2.75) is 38.1 Å². The maximum Gasteiger partial charge on any atom is 0.409 e. The Morgan fingerprint density at radius 1 is 1.24 bits per heavy atom. The maximum atomic E-state index is 11.9. The van der Waals surface area contributed by atoms with Crippen LogP contribution in [0, 0.1) is 5.92 Å². The highest BCUT2D eigenvalue weighted by atomic mass is 16.6. The number of carbonyl (C=O) groups excluding carboxylic acids is 1. The molecule has 1 amide bonds. The molecule has 0 saturated heterocycles. The van der Waals surface area contributed by atoms with E-state index in [1.807, 2.05) is 30.3 Å². The minimum absolute atomic E-state index is 0.206. The molecule has 1 aliphatic carbocycles. The second-order valence-electron chi connectivity index (χ2n) is 5.73. The quantitative estimate of drug-likeness (QED) is 0.888. The molecule has 0 heterocycles. The fourth-order valence-corrected chi connectivity index (χ4v) is 2.67. The highest BCUT2D eigenvalue weighted by Gasteiger charge is 2.29.